The first-order valence-corrected chi connectivity index (χ1v) is 11.1. The Kier molecular flexibility index (Phi) is 5.05. The van der Waals surface area contributed by atoms with Crippen molar-refractivity contribution in [3.05, 3.63) is 94.2 Å². The number of anilines is 2. The minimum Gasteiger partial charge on any atom is -0.495 e. The molecule has 0 unspecified atom stereocenters. The van der Waals surface area contributed by atoms with Crippen molar-refractivity contribution in [2.45, 2.75) is 27.2 Å². The van der Waals surface area contributed by atoms with Crippen molar-refractivity contribution < 1.29 is 14.3 Å². The van der Waals surface area contributed by atoms with Gasteiger partial charge in [-0.05, 0) is 73.2 Å². The number of fused-ring (bicyclic) bond motifs is 1. The second kappa shape index (κ2) is 7.93. The number of benzene rings is 3. The molecule has 0 atom stereocenters. The fraction of sp³-hybridized carbons (Fsp3) is 0.214. The van der Waals surface area contributed by atoms with Crippen LogP contribution in [0.5, 0.6) is 5.75 Å². The van der Waals surface area contributed by atoms with Gasteiger partial charge in [-0.25, -0.2) is 4.90 Å². The van der Waals surface area contributed by atoms with E-state index >= 15 is 0 Å². The zero-order chi connectivity index (χ0) is 23.3. The van der Waals surface area contributed by atoms with Crippen molar-refractivity contribution in [2.75, 3.05) is 23.5 Å². The van der Waals surface area contributed by atoms with Crippen LogP contribution in [0.1, 0.15) is 27.8 Å². The lowest BCUT2D eigenvalue weighted by Gasteiger charge is -2.22. The first-order chi connectivity index (χ1) is 15.9. The predicted molar refractivity (Wildman–Crippen MR) is 131 cm³/mol. The van der Waals surface area contributed by atoms with Gasteiger partial charge in [-0.1, -0.05) is 42.5 Å². The summed E-state index contributed by atoms with van der Waals surface area (Å²) in [5.74, 6) is -0.162. The molecule has 2 heterocycles. The summed E-state index contributed by atoms with van der Waals surface area (Å²) in [6.07, 6.45) is 0.828. The Hall–Kier alpha value is -3.86. The highest BCUT2D eigenvalue weighted by Crippen LogP contribution is 2.42. The number of methoxy groups -OCH3 is 1. The molecule has 3 aromatic carbocycles. The Balaban J connectivity index is 1.72. The molecule has 5 heteroatoms. The normalized spacial score (nSPS) is 15.5. The van der Waals surface area contributed by atoms with Gasteiger partial charge in [-0.3, -0.25) is 9.59 Å². The molecule has 0 saturated carbocycles. The number of hydrogen-bond donors (Lipinski definition) is 0. The second-order valence-electron chi connectivity index (χ2n) is 8.67. The van der Waals surface area contributed by atoms with Gasteiger partial charge < -0.3 is 9.64 Å². The van der Waals surface area contributed by atoms with Crippen molar-refractivity contribution in [1.29, 1.82) is 0 Å². The predicted octanol–water partition coefficient (Wildman–Crippen LogP) is 4.97. The van der Waals surface area contributed by atoms with Crippen molar-refractivity contribution in [3.63, 3.8) is 0 Å². The number of amides is 2. The Morgan fingerprint density at radius 2 is 1.61 bits per heavy atom. The standard InChI is InChI=1S/C28H26N2O3/c1-17-9-12-24(33-4)23(15-17)30-27(31)25(21-11-10-18(2)19(3)16-21)26(28(30)32)29-14-13-20-7-5-6-8-22(20)29/h5-12,15-16H,13-14H2,1-4H3. The van der Waals surface area contributed by atoms with Crippen LogP contribution >= 0.6 is 0 Å². The average Bonchev–Trinajstić information content (AvgIpc) is 3.33. The largest absolute Gasteiger partial charge is 0.495 e. The van der Waals surface area contributed by atoms with Gasteiger partial charge in [0.05, 0.1) is 18.4 Å². The third kappa shape index (κ3) is 3.32. The van der Waals surface area contributed by atoms with E-state index in [0.29, 0.717) is 29.3 Å². The van der Waals surface area contributed by atoms with Crippen LogP contribution in [0.2, 0.25) is 0 Å². The minimum atomic E-state index is -0.327. The van der Waals surface area contributed by atoms with Crippen LogP contribution in [0.3, 0.4) is 0 Å². The summed E-state index contributed by atoms with van der Waals surface area (Å²) in [6.45, 7) is 6.65. The fourth-order valence-electron chi connectivity index (χ4n) is 4.69. The Morgan fingerprint density at radius 1 is 0.818 bits per heavy atom. The smallest absolute Gasteiger partial charge is 0.282 e. The van der Waals surface area contributed by atoms with Crippen LogP contribution in [-0.4, -0.2) is 25.5 Å². The molecule has 0 aliphatic carbocycles. The molecule has 3 aromatic rings. The van der Waals surface area contributed by atoms with E-state index in [-0.39, 0.29) is 11.8 Å². The van der Waals surface area contributed by atoms with Gasteiger partial charge in [0.1, 0.15) is 11.4 Å². The third-order valence-corrected chi connectivity index (χ3v) is 6.59. The van der Waals surface area contributed by atoms with Gasteiger partial charge in [0.25, 0.3) is 11.8 Å². The number of para-hydroxylation sites is 1. The quantitative estimate of drug-likeness (QED) is 0.540. The minimum absolute atomic E-state index is 0.325. The molecule has 2 aliphatic rings. The Morgan fingerprint density at radius 3 is 2.36 bits per heavy atom. The van der Waals surface area contributed by atoms with Gasteiger partial charge in [0, 0.05) is 12.2 Å². The first kappa shape index (κ1) is 21.0. The van der Waals surface area contributed by atoms with Gasteiger partial charge in [0.2, 0.25) is 0 Å². The van der Waals surface area contributed by atoms with E-state index in [2.05, 4.69) is 6.07 Å². The zero-order valence-corrected chi connectivity index (χ0v) is 19.3. The fourth-order valence-corrected chi connectivity index (χ4v) is 4.69. The number of aryl methyl sites for hydroxylation is 3. The van der Waals surface area contributed by atoms with Gasteiger partial charge >= 0.3 is 0 Å². The van der Waals surface area contributed by atoms with E-state index in [4.69, 9.17) is 4.74 Å². The third-order valence-electron chi connectivity index (χ3n) is 6.59. The van der Waals surface area contributed by atoms with Crippen LogP contribution < -0.4 is 14.5 Å². The molecule has 0 saturated heterocycles. The maximum Gasteiger partial charge on any atom is 0.282 e. The molecule has 0 bridgehead atoms. The summed E-state index contributed by atoms with van der Waals surface area (Å²) in [5.41, 5.74) is 7.40. The topological polar surface area (TPSA) is 49.9 Å². The maximum atomic E-state index is 14.0. The molecular formula is C28H26N2O3. The summed E-state index contributed by atoms with van der Waals surface area (Å²) in [4.78, 5) is 31.2. The molecule has 0 fully saturated rings. The van der Waals surface area contributed by atoms with Crippen LogP contribution in [0.25, 0.3) is 5.57 Å². The molecule has 0 N–H and O–H groups in total. The summed E-state index contributed by atoms with van der Waals surface area (Å²) in [5, 5.41) is 0. The van der Waals surface area contributed by atoms with Crippen LogP contribution in [0.4, 0.5) is 11.4 Å². The lowest BCUT2D eigenvalue weighted by Crippen LogP contribution is -2.35. The summed E-state index contributed by atoms with van der Waals surface area (Å²) < 4.78 is 5.52. The molecular weight excluding hydrogens is 412 g/mol. The highest BCUT2D eigenvalue weighted by atomic mass is 16.5. The van der Waals surface area contributed by atoms with Crippen molar-refractivity contribution >= 4 is 28.8 Å². The molecule has 33 heavy (non-hydrogen) atoms. The van der Waals surface area contributed by atoms with Crippen molar-refractivity contribution in [2.24, 2.45) is 0 Å². The number of hydrogen-bond acceptors (Lipinski definition) is 4. The van der Waals surface area contributed by atoms with Crippen LogP contribution in [0.15, 0.2) is 66.4 Å². The van der Waals surface area contributed by atoms with E-state index in [0.717, 1.165) is 34.4 Å². The zero-order valence-electron chi connectivity index (χ0n) is 19.3. The Bertz CT molecular complexity index is 1340. The van der Waals surface area contributed by atoms with E-state index in [9.17, 15) is 9.59 Å². The number of carbonyl (C=O) groups excluding carboxylic acids is 2. The molecule has 2 amide bonds. The molecule has 0 aromatic heterocycles. The molecule has 5 nitrogen and oxygen atoms in total. The first-order valence-electron chi connectivity index (χ1n) is 11.1. The summed E-state index contributed by atoms with van der Waals surface area (Å²) >= 11 is 0. The maximum absolute atomic E-state index is 14.0. The van der Waals surface area contributed by atoms with Crippen LogP contribution in [0, 0.1) is 20.8 Å². The van der Waals surface area contributed by atoms with Crippen molar-refractivity contribution in [3.8, 4) is 5.75 Å². The van der Waals surface area contributed by atoms with E-state index in [1.807, 2.05) is 74.2 Å². The monoisotopic (exact) mass is 438 g/mol. The SMILES string of the molecule is COc1ccc(C)cc1N1C(=O)C(c2ccc(C)c(C)c2)=C(N2CCc3ccccc32)C1=O. The summed E-state index contributed by atoms with van der Waals surface area (Å²) in [7, 11) is 1.55. The lowest BCUT2D eigenvalue weighted by molar-refractivity contribution is -0.120. The molecule has 166 valence electrons. The molecule has 0 spiro atoms. The molecule has 0 radical (unpaired) electrons. The van der Waals surface area contributed by atoms with Crippen LogP contribution in [-0.2, 0) is 16.0 Å². The second-order valence-corrected chi connectivity index (χ2v) is 8.67. The summed E-state index contributed by atoms with van der Waals surface area (Å²) in [6, 6.07) is 19.5. The highest BCUT2D eigenvalue weighted by molar-refractivity contribution is 6.46. The number of ether oxygens (including phenoxy) is 1. The van der Waals surface area contributed by atoms with Crippen molar-refractivity contribution in [1.82, 2.24) is 0 Å². The average molecular weight is 439 g/mol. The van der Waals surface area contributed by atoms with E-state index < -0.39 is 0 Å². The van der Waals surface area contributed by atoms with E-state index in [1.54, 1.807) is 13.2 Å². The van der Waals surface area contributed by atoms with Gasteiger partial charge in [-0.2, -0.15) is 0 Å². The van der Waals surface area contributed by atoms with E-state index in [1.165, 1.54) is 10.5 Å². The highest BCUT2D eigenvalue weighted by Gasteiger charge is 2.45. The van der Waals surface area contributed by atoms with Gasteiger partial charge in [0.15, 0.2) is 0 Å². The number of carbonyl (C=O) groups is 2. The number of nitrogens with zero attached hydrogens (tertiary/aromatic N) is 2. The lowest BCUT2D eigenvalue weighted by atomic mass is 9.99. The Labute approximate surface area is 193 Å². The molecule has 2 aliphatic heterocycles. The number of rotatable bonds is 4. The van der Waals surface area contributed by atoms with Gasteiger partial charge in [-0.15, -0.1) is 0 Å². The number of imide groups is 1. The molecule has 5 rings (SSSR count).